The van der Waals surface area contributed by atoms with Gasteiger partial charge in [-0.15, -0.1) is 0 Å². The molecule has 0 aromatic rings. The molecule has 68 valence electrons. The van der Waals surface area contributed by atoms with Crippen LogP contribution in [0.1, 0.15) is 44.9 Å². The summed E-state index contributed by atoms with van der Waals surface area (Å²) in [5.41, 5.74) is -0.204. The molecule has 0 aromatic carbocycles. The zero-order valence-corrected chi connectivity index (χ0v) is 7.63. The van der Waals surface area contributed by atoms with Gasteiger partial charge in [0.05, 0.1) is 5.60 Å². The molecule has 0 unspecified atom stereocenters. The van der Waals surface area contributed by atoms with Crippen LogP contribution in [0.5, 0.6) is 0 Å². The van der Waals surface area contributed by atoms with Gasteiger partial charge < -0.3 is 5.11 Å². The minimum absolute atomic E-state index is 0.204. The second kappa shape index (κ2) is 2.25. The molecule has 4 atom stereocenters. The molecule has 0 aromatic heterocycles. The molecule has 3 aliphatic carbocycles. The Kier molecular flexibility index (Phi) is 1.39. The fourth-order valence-electron chi connectivity index (χ4n) is 4.26. The van der Waals surface area contributed by atoms with E-state index in [1.54, 1.807) is 0 Å². The lowest BCUT2D eigenvalue weighted by Crippen LogP contribution is -2.40. The Labute approximate surface area is 74.2 Å². The standard InChI is InChI=1S/C11H18O/c12-11-6-1-2-8-3-4-9(5-7-11)10(8)11/h8-10,12H,1-7H2/t8-,9+,10-,11-/m0/s1. The van der Waals surface area contributed by atoms with Crippen LogP contribution in [0.2, 0.25) is 0 Å². The van der Waals surface area contributed by atoms with Crippen molar-refractivity contribution >= 4 is 0 Å². The largest absolute Gasteiger partial charge is 0.390 e. The normalized spacial score (nSPS) is 57.2. The lowest BCUT2D eigenvalue weighted by molar-refractivity contribution is -0.0506. The zero-order valence-electron chi connectivity index (χ0n) is 7.63. The van der Waals surface area contributed by atoms with E-state index in [0.717, 1.165) is 24.7 Å². The molecule has 1 heteroatoms. The second-order valence-corrected chi connectivity index (χ2v) is 5.16. The van der Waals surface area contributed by atoms with Gasteiger partial charge in [0.1, 0.15) is 0 Å². The van der Waals surface area contributed by atoms with Gasteiger partial charge >= 0.3 is 0 Å². The molecule has 0 saturated heterocycles. The van der Waals surface area contributed by atoms with Crippen molar-refractivity contribution in [1.82, 2.24) is 0 Å². The maximum atomic E-state index is 10.4. The first-order chi connectivity index (χ1) is 5.80. The predicted molar refractivity (Wildman–Crippen MR) is 47.7 cm³/mol. The van der Waals surface area contributed by atoms with Crippen molar-refractivity contribution < 1.29 is 5.11 Å². The van der Waals surface area contributed by atoms with Crippen molar-refractivity contribution in [3.8, 4) is 0 Å². The summed E-state index contributed by atoms with van der Waals surface area (Å²) in [5.74, 6) is 2.52. The molecule has 0 spiro atoms. The van der Waals surface area contributed by atoms with Crippen molar-refractivity contribution in [2.75, 3.05) is 0 Å². The summed E-state index contributed by atoms with van der Waals surface area (Å²) in [4.78, 5) is 0. The lowest BCUT2D eigenvalue weighted by atomic mass is 9.72. The van der Waals surface area contributed by atoms with E-state index in [1.165, 1.54) is 32.1 Å². The summed E-state index contributed by atoms with van der Waals surface area (Å²) >= 11 is 0. The average molecular weight is 166 g/mol. The molecule has 12 heavy (non-hydrogen) atoms. The molecule has 3 rings (SSSR count). The van der Waals surface area contributed by atoms with Crippen molar-refractivity contribution in [2.24, 2.45) is 17.8 Å². The Morgan fingerprint density at radius 2 is 1.67 bits per heavy atom. The highest BCUT2D eigenvalue weighted by Crippen LogP contribution is 2.58. The Balaban J connectivity index is 1.95. The third-order valence-electron chi connectivity index (χ3n) is 4.68. The third-order valence-corrected chi connectivity index (χ3v) is 4.68. The van der Waals surface area contributed by atoms with E-state index in [2.05, 4.69) is 0 Å². The molecule has 0 radical (unpaired) electrons. The monoisotopic (exact) mass is 166 g/mol. The maximum absolute atomic E-state index is 10.4. The SMILES string of the molecule is O[C@@]12CCC[C@H]3CC[C@H](CC1)[C@H]32. The number of rotatable bonds is 0. The van der Waals surface area contributed by atoms with E-state index in [-0.39, 0.29) is 5.60 Å². The van der Waals surface area contributed by atoms with Crippen molar-refractivity contribution in [3.05, 3.63) is 0 Å². The van der Waals surface area contributed by atoms with Crippen LogP contribution in [0.25, 0.3) is 0 Å². The highest BCUT2D eigenvalue weighted by atomic mass is 16.3. The van der Waals surface area contributed by atoms with Crippen molar-refractivity contribution in [2.45, 2.75) is 50.5 Å². The summed E-state index contributed by atoms with van der Waals surface area (Å²) in [6, 6.07) is 0. The predicted octanol–water partition coefficient (Wildman–Crippen LogP) is 2.34. The third kappa shape index (κ3) is 0.783. The van der Waals surface area contributed by atoms with Crippen molar-refractivity contribution in [3.63, 3.8) is 0 Å². The van der Waals surface area contributed by atoms with Gasteiger partial charge in [-0.3, -0.25) is 0 Å². The van der Waals surface area contributed by atoms with Gasteiger partial charge in [-0.05, 0) is 56.3 Å². The number of aliphatic hydroxyl groups is 1. The maximum Gasteiger partial charge on any atom is 0.0681 e. The van der Waals surface area contributed by atoms with Gasteiger partial charge in [-0.2, -0.15) is 0 Å². The minimum atomic E-state index is -0.204. The van der Waals surface area contributed by atoms with Gasteiger partial charge in [0.2, 0.25) is 0 Å². The Morgan fingerprint density at radius 1 is 0.917 bits per heavy atom. The van der Waals surface area contributed by atoms with Gasteiger partial charge in [0.15, 0.2) is 0 Å². The first-order valence-electron chi connectivity index (χ1n) is 5.52. The summed E-state index contributed by atoms with van der Waals surface area (Å²) in [6.07, 6.45) is 9.05. The molecular formula is C11H18O. The molecule has 0 aliphatic heterocycles. The second-order valence-electron chi connectivity index (χ2n) is 5.16. The zero-order chi connectivity index (χ0) is 8.18. The quantitative estimate of drug-likeness (QED) is 0.585. The van der Waals surface area contributed by atoms with Crippen LogP contribution >= 0.6 is 0 Å². The van der Waals surface area contributed by atoms with Gasteiger partial charge in [-0.1, -0.05) is 6.42 Å². The molecule has 1 nitrogen and oxygen atoms in total. The molecule has 3 fully saturated rings. The van der Waals surface area contributed by atoms with E-state index in [1.807, 2.05) is 0 Å². The average Bonchev–Trinajstić information content (AvgIpc) is 2.59. The Bertz CT molecular complexity index is 195. The number of hydrogen-bond donors (Lipinski definition) is 1. The molecular weight excluding hydrogens is 148 g/mol. The highest BCUT2D eigenvalue weighted by Gasteiger charge is 2.54. The molecule has 3 aliphatic rings. The molecule has 3 saturated carbocycles. The van der Waals surface area contributed by atoms with E-state index >= 15 is 0 Å². The summed E-state index contributed by atoms with van der Waals surface area (Å²) in [7, 11) is 0. The number of hydrogen-bond acceptors (Lipinski definition) is 1. The minimum Gasteiger partial charge on any atom is -0.390 e. The molecule has 0 heterocycles. The van der Waals surface area contributed by atoms with Crippen LogP contribution in [0.3, 0.4) is 0 Å². The topological polar surface area (TPSA) is 20.2 Å². The summed E-state index contributed by atoms with van der Waals surface area (Å²) < 4.78 is 0. The molecule has 0 amide bonds. The summed E-state index contributed by atoms with van der Waals surface area (Å²) in [6.45, 7) is 0. The Morgan fingerprint density at radius 3 is 2.50 bits per heavy atom. The first-order valence-corrected chi connectivity index (χ1v) is 5.52. The van der Waals surface area contributed by atoms with Crippen LogP contribution < -0.4 is 0 Å². The highest BCUT2D eigenvalue weighted by molar-refractivity contribution is 5.05. The van der Waals surface area contributed by atoms with Crippen LogP contribution in [-0.4, -0.2) is 10.7 Å². The van der Waals surface area contributed by atoms with Gasteiger partial charge in [-0.25, -0.2) is 0 Å². The lowest BCUT2D eigenvalue weighted by Gasteiger charge is -2.38. The smallest absolute Gasteiger partial charge is 0.0681 e. The fraction of sp³-hybridized carbons (Fsp3) is 1.00. The van der Waals surface area contributed by atoms with Crippen LogP contribution in [0.4, 0.5) is 0 Å². The van der Waals surface area contributed by atoms with E-state index in [0.29, 0.717) is 5.92 Å². The van der Waals surface area contributed by atoms with E-state index < -0.39 is 0 Å². The molecule has 1 N–H and O–H groups in total. The van der Waals surface area contributed by atoms with Crippen LogP contribution in [0, 0.1) is 17.8 Å². The summed E-state index contributed by atoms with van der Waals surface area (Å²) in [5, 5.41) is 10.4. The fourth-order valence-corrected chi connectivity index (χ4v) is 4.26. The first kappa shape index (κ1) is 7.37. The van der Waals surface area contributed by atoms with E-state index in [9.17, 15) is 5.11 Å². The van der Waals surface area contributed by atoms with Crippen LogP contribution in [0.15, 0.2) is 0 Å². The van der Waals surface area contributed by atoms with Crippen LogP contribution in [-0.2, 0) is 0 Å². The van der Waals surface area contributed by atoms with E-state index in [4.69, 9.17) is 0 Å². The Hall–Kier alpha value is -0.0400. The van der Waals surface area contributed by atoms with Crippen molar-refractivity contribution in [1.29, 1.82) is 0 Å². The molecule has 0 bridgehead atoms. The van der Waals surface area contributed by atoms with Gasteiger partial charge in [0, 0.05) is 0 Å². The van der Waals surface area contributed by atoms with Gasteiger partial charge in [0.25, 0.3) is 0 Å².